The van der Waals surface area contributed by atoms with Crippen LogP contribution in [0.2, 0.25) is 0 Å². The molecule has 0 aliphatic heterocycles. The van der Waals surface area contributed by atoms with Crippen LogP contribution in [0.1, 0.15) is 18.6 Å². The fourth-order valence-corrected chi connectivity index (χ4v) is 1.61. The summed E-state index contributed by atoms with van der Waals surface area (Å²) < 4.78 is 4.85. The first-order chi connectivity index (χ1) is 6.22. The molecule has 1 atom stereocenters. The van der Waals surface area contributed by atoms with Crippen molar-refractivity contribution >= 4 is 11.8 Å². The minimum absolute atomic E-state index is 0.480. The fraction of sp³-hybridized carbons (Fsp3) is 0.750. The van der Waals surface area contributed by atoms with Crippen LogP contribution in [0.5, 0.6) is 0 Å². The number of hydrogen-bond acceptors (Lipinski definition) is 5. The molecule has 13 heavy (non-hydrogen) atoms. The molecule has 0 fully saturated rings. The van der Waals surface area contributed by atoms with Gasteiger partial charge in [-0.3, -0.25) is 0 Å². The number of hydrogen-bond donors (Lipinski definition) is 1. The Morgan fingerprint density at radius 2 is 2.38 bits per heavy atom. The van der Waals surface area contributed by atoms with Gasteiger partial charge in [0.15, 0.2) is 5.82 Å². The maximum absolute atomic E-state index is 4.85. The van der Waals surface area contributed by atoms with E-state index in [2.05, 4.69) is 28.6 Å². The maximum atomic E-state index is 4.85. The van der Waals surface area contributed by atoms with E-state index in [1.165, 1.54) is 0 Å². The van der Waals surface area contributed by atoms with Gasteiger partial charge in [0.25, 0.3) is 0 Å². The van der Waals surface area contributed by atoms with E-state index in [9.17, 15) is 0 Å². The topological polar surface area (TPSA) is 51.0 Å². The third-order valence-electron chi connectivity index (χ3n) is 1.59. The van der Waals surface area contributed by atoms with E-state index < -0.39 is 0 Å². The number of nitrogens with zero attached hydrogens (tertiary/aromatic N) is 2. The first-order valence-electron chi connectivity index (χ1n) is 4.24. The molecule has 1 unspecified atom stereocenters. The number of nitrogens with one attached hydrogen (secondary N) is 1. The van der Waals surface area contributed by atoms with Crippen LogP contribution in [0.25, 0.3) is 0 Å². The number of rotatable bonds is 5. The highest BCUT2D eigenvalue weighted by Crippen LogP contribution is 1.98. The van der Waals surface area contributed by atoms with Crippen molar-refractivity contribution in [2.75, 3.05) is 12.0 Å². The van der Waals surface area contributed by atoms with E-state index in [4.69, 9.17) is 4.52 Å². The van der Waals surface area contributed by atoms with Crippen LogP contribution in [0, 0.1) is 6.92 Å². The molecular formula is C8H15N3OS. The zero-order valence-electron chi connectivity index (χ0n) is 8.20. The summed E-state index contributed by atoms with van der Waals surface area (Å²) in [6, 6.07) is 0.480. The van der Waals surface area contributed by atoms with Crippen molar-refractivity contribution < 1.29 is 4.52 Å². The zero-order valence-corrected chi connectivity index (χ0v) is 9.02. The van der Waals surface area contributed by atoms with Gasteiger partial charge in [0.2, 0.25) is 5.89 Å². The molecule has 0 saturated heterocycles. The Morgan fingerprint density at radius 1 is 1.62 bits per heavy atom. The third-order valence-corrected chi connectivity index (χ3v) is 2.43. The largest absolute Gasteiger partial charge is 0.340 e. The Hall–Kier alpha value is -0.550. The maximum Gasteiger partial charge on any atom is 0.223 e. The summed E-state index contributed by atoms with van der Waals surface area (Å²) in [4.78, 5) is 4.10. The molecule has 4 nitrogen and oxygen atoms in total. The predicted molar refractivity (Wildman–Crippen MR) is 53.7 cm³/mol. The van der Waals surface area contributed by atoms with Crippen molar-refractivity contribution in [2.45, 2.75) is 26.4 Å². The van der Waals surface area contributed by atoms with Gasteiger partial charge in [-0.1, -0.05) is 5.16 Å². The number of aromatic nitrogens is 2. The van der Waals surface area contributed by atoms with Crippen LogP contribution in [0.15, 0.2) is 4.52 Å². The molecule has 0 aliphatic carbocycles. The summed E-state index contributed by atoms with van der Waals surface area (Å²) in [7, 11) is 0. The van der Waals surface area contributed by atoms with Crippen LogP contribution in [-0.2, 0) is 6.54 Å². The van der Waals surface area contributed by atoms with Crippen LogP contribution in [0.4, 0.5) is 0 Å². The van der Waals surface area contributed by atoms with E-state index in [1.807, 2.05) is 11.8 Å². The normalized spacial score (nSPS) is 13.2. The second-order valence-corrected chi connectivity index (χ2v) is 3.88. The predicted octanol–water partition coefficient (Wildman–Crippen LogP) is 1.22. The van der Waals surface area contributed by atoms with Gasteiger partial charge in [-0.25, -0.2) is 0 Å². The second-order valence-electron chi connectivity index (χ2n) is 2.97. The molecular weight excluding hydrogens is 186 g/mol. The van der Waals surface area contributed by atoms with E-state index in [0.29, 0.717) is 18.5 Å². The molecule has 1 heterocycles. The average Bonchev–Trinajstić information content (AvgIpc) is 2.49. The van der Waals surface area contributed by atoms with Crippen LogP contribution in [-0.4, -0.2) is 28.2 Å². The van der Waals surface area contributed by atoms with Crippen LogP contribution in [0.3, 0.4) is 0 Å². The molecule has 0 aliphatic rings. The minimum atomic E-state index is 0.480. The lowest BCUT2D eigenvalue weighted by Crippen LogP contribution is -2.27. The first-order valence-corrected chi connectivity index (χ1v) is 5.63. The minimum Gasteiger partial charge on any atom is -0.340 e. The summed E-state index contributed by atoms with van der Waals surface area (Å²) in [6.07, 6.45) is 2.09. The van der Waals surface area contributed by atoms with Crippen molar-refractivity contribution in [1.29, 1.82) is 0 Å². The Balaban J connectivity index is 2.26. The van der Waals surface area contributed by atoms with E-state index in [1.54, 1.807) is 6.92 Å². The van der Waals surface area contributed by atoms with Gasteiger partial charge in [-0.15, -0.1) is 0 Å². The summed E-state index contributed by atoms with van der Waals surface area (Å²) >= 11 is 1.82. The summed E-state index contributed by atoms with van der Waals surface area (Å²) in [5, 5.41) is 7.10. The lowest BCUT2D eigenvalue weighted by atomic mass is 10.4. The molecule has 0 bridgehead atoms. The summed E-state index contributed by atoms with van der Waals surface area (Å²) in [5.74, 6) is 2.44. The van der Waals surface area contributed by atoms with Gasteiger partial charge in [-0.05, 0) is 13.2 Å². The van der Waals surface area contributed by atoms with Crippen molar-refractivity contribution in [3.63, 3.8) is 0 Å². The third kappa shape index (κ3) is 3.78. The standard InChI is InChI=1S/C8H15N3OS/c1-6(5-13-3)9-4-8-10-7(2)12-11-8/h6,9H,4-5H2,1-3H3. The first kappa shape index (κ1) is 10.5. The monoisotopic (exact) mass is 201 g/mol. The van der Waals surface area contributed by atoms with Gasteiger partial charge in [0, 0.05) is 18.7 Å². The van der Waals surface area contributed by atoms with E-state index in [-0.39, 0.29) is 0 Å². The number of aryl methyl sites for hydroxylation is 1. The van der Waals surface area contributed by atoms with Gasteiger partial charge in [-0.2, -0.15) is 16.7 Å². The summed E-state index contributed by atoms with van der Waals surface area (Å²) in [6.45, 7) is 4.62. The lowest BCUT2D eigenvalue weighted by molar-refractivity contribution is 0.384. The Bertz CT molecular complexity index is 251. The number of thioether (sulfide) groups is 1. The van der Waals surface area contributed by atoms with Gasteiger partial charge in [0.05, 0.1) is 6.54 Å². The molecule has 5 heteroatoms. The molecule has 1 aromatic heterocycles. The van der Waals surface area contributed by atoms with Gasteiger partial charge >= 0.3 is 0 Å². The zero-order chi connectivity index (χ0) is 9.68. The molecule has 1 aromatic rings. The van der Waals surface area contributed by atoms with Crippen LogP contribution >= 0.6 is 11.8 Å². The average molecular weight is 201 g/mol. The molecule has 1 N–H and O–H groups in total. The Morgan fingerprint density at radius 3 is 2.92 bits per heavy atom. The van der Waals surface area contributed by atoms with E-state index >= 15 is 0 Å². The molecule has 1 rings (SSSR count). The lowest BCUT2D eigenvalue weighted by Gasteiger charge is -2.09. The Kier molecular flexibility index (Phi) is 4.24. The highest BCUT2D eigenvalue weighted by molar-refractivity contribution is 7.98. The summed E-state index contributed by atoms with van der Waals surface area (Å²) in [5.41, 5.74) is 0. The van der Waals surface area contributed by atoms with Crippen molar-refractivity contribution in [3.8, 4) is 0 Å². The SMILES string of the molecule is CSCC(C)NCc1noc(C)n1. The second kappa shape index (κ2) is 5.24. The molecule has 0 amide bonds. The van der Waals surface area contributed by atoms with Gasteiger partial charge in [0.1, 0.15) is 0 Å². The highest BCUT2D eigenvalue weighted by Gasteiger charge is 2.04. The van der Waals surface area contributed by atoms with E-state index in [0.717, 1.165) is 11.6 Å². The van der Waals surface area contributed by atoms with Gasteiger partial charge < -0.3 is 9.84 Å². The molecule has 74 valence electrons. The highest BCUT2D eigenvalue weighted by atomic mass is 32.2. The fourth-order valence-electron chi connectivity index (χ4n) is 0.988. The van der Waals surface area contributed by atoms with Crippen molar-refractivity contribution in [3.05, 3.63) is 11.7 Å². The van der Waals surface area contributed by atoms with Crippen LogP contribution < -0.4 is 5.32 Å². The molecule has 0 saturated carbocycles. The molecule has 0 spiro atoms. The molecule has 0 radical (unpaired) electrons. The van der Waals surface area contributed by atoms with Crippen molar-refractivity contribution in [2.24, 2.45) is 0 Å². The smallest absolute Gasteiger partial charge is 0.223 e. The quantitative estimate of drug-likeness (QED) is 0.776. The Labute approximate surface area is 82.5 Å². The molecule has 0 aromatic carbocycles. The van der Waals surface area contributed by atoms with Crippen molar-refractivity contribution in [1.82, 2.24) is 15.5 Å².